The first-order valence-corrected chi connectivity index (χ1v) is 8.62. The average molecular weight is 389 g/mol. The van der Waals surface area contributed by atoms with Gasteiger partial charge in [-0.2, -0.15) is 10.1 Å². The number of benzene rings is 2. The molecule has 1 aliphatic heterocycles. The van der Waals surface area contributed by atoms with E-state index in [1.165, 1.54) is 30.3 Å². The van der Waals surface area contributed by atoms with Crippen molar-refractivity contribution in [1.82, 2.24) is 0 Å². The largest absolute Gasteiger partial charge is 0.478 e. The lowest BCUT2D eigenvalue weighted by atomic mass is 10.1. The Hall–Kier alpha value is -4.20. The van der Waals surface area contributed by atoms with Crippen LogP contribution < -0.4 is 16.4 Å². The number of nitrogen functional groups attached to an aromatic ring is 1. The molecule has 1 aromatic heterocycles. The van der Waals surface area contributed by atoms with E-state index in [1.807, 2.05) is 0 Å². The van der Waals surface area contributed by atoms with Crippen LogP contribution in [0.15, 0.2) is 68.4 Å². The number of carboxylic acids is 1. The number of hydrazone groups is 1. The topological polar surface area (TPSA) is 126 Å². The molecular weight excluding hydrogens is 374 g/mol. The lowest BCUT2D eigenvalue weighted by Crippen LogP contribution is -2.21. The van der Waals surface area contributed by atoms with Crippen molar-refractivity contribution in [1.29, 1.82) is 0 Å². The Labute approximate surface area is 164 Å². The fourth-order valence-corrected chi connectivity index (χ4v) is 3.00. The Kier molecular flexibility index (Phi) is 4.23. The number of carbonyl (C=O) groups excluding carboxylic acids is 1. The molecule has 0 aliphatic carbocycles. The van der Waals surface area contributed by atoms with Gasteiger partial charge in [0.05, 0.1) is 28.1 Å². The maximum atomic E-state index is 12.8. The average Bonchev–Trinajstić information content (AvgIpc) is 2.97. The van der Waals surface area contributed by atoms with Crippen molar-refractivity contribution in [2.75, 3.05) is 10.7 Å². The van der Waals surface area contributed by atoms with E-state index in [2.05, 4.69) is 5.10 Å². The molecule has 144 valence electrons. The molecule has 8 nitrogen and oxygen atoms in total. The third-order valence-electron chi connectivity index (χ3n) is 4.51. The smallest absolute Gasteiger partial charge is 0.343 e. The number of fused-ring (bicyclic) bond motifs is 1. The number of nitrogens with zero attached hydrogens (tertiary/aromatic N) is 2. The fourth-order valence-electron chi connectivity index (χ4n) is 3.00. The highest BCUT2D eigenvalue weighted by atomic mass is 16.4. The van der Waals surface area contributed by atoms with Crippen molar-refractivity contribution in [2.45, 2.75) is 6.92 Å². The number of carboxylic acid groups (broad SMARTS) is 1. The van der Waals surface area contributed by atoms with E-state index >= 15 is 0 Å². The molecule has 8 heteroatoms. The van der Waals surface area contributed by atoms with E-state index in [0.29, 0.717) is 28.1 Å². The predicted molar refractivity (Wildman–Crippen MR) is 109 cm³/mol. The molecule has 0 spiro atoms. The van der Waals surface area contributed by atoms with Crippen LogP contribution >= 0.6 is 0 Å². The van der Waals surface area contributed by atoms with Gasteiger partial charge in [-0.15, -0.1) is 0 Å². The van der Waals surface area contributed by atoms with Gasteiger partial charge in [-0.1, -0.05) is 0 Å². The minimum Gasteiger partial charge on any atom is -0.478 e. The summed E-state index contributed by atoms with van der Waals surface area (Å²) in [5.74, 6) is -1.49. The van der Waals surface area contributed by atoms with Crippen molar-refractivity contribution >= 4 is 46.0 Å². The zero-order valence-electron chi connectivity index (χ0n) is 15.2. The zero-order valence-corrected chi connectivity index (χ0v) is 15.2. The van der Waals surface area contributed by atoms with Gasteiger partial charge in [0.25, 0.3) is 5.91 Å². The molecule has 2 heterocycles. The van der Waals surface area contributed by atoms with Gasteiger partial charge in [-0.25, -0.2) is 9.59 Å². The first-order valence-electron chi connectivity index (χ1n) is 8.62. The number of rotatable bonds is 3. The molecule has 1 aliphatic rings. The van der Waals surface area contributed by atoms with Crippen molar-refractivity contribution in [3.8, 4) is 0 Å². The van der Waals surface area contributed by atoms with E-state index in [4.69, 9.17) is 15.3 Å². The van der Waals surface area contributed by atoms with E-state index < -0.39 is 17.5 Å². The monoisotopic (exact) mass is 389 g/mol. The van der Waals surface area contributed by atoms with Crippen LogP contribution in [0.2, 0.25) is 0 Å². The first-order chi connectivity index (χ1) is 13.8. The van der Waals surface area contributed by atoms with Crippen molar-refractivity contribution in [3.63, 3.8) is 0 Å². The molecule has 0 bridgehead atoms. The van der Waals surface area contributed by atoms with Gasteiger partial charge in [0, 0.05) is 17.1 Å². The summed E-state index contributed by atoms with van der Waals surface area (Å²) in [6.45, 7) is 1.65. The molecule has 0 radical (unpaired) electrons. The molecule has 0 atom stereocenters. The number of carbonyl (C=O) groups is 2. The second-order valence-corrected chi connectivity index (χ2v) is 6.50. The molecule has 3 aromatic rings. The molecule has 29 heavy (non-hydrogen) atoms. The molecule has 0 saturated heterocycles. The summed E-state index contributed by atoms with van der Waals surface area (Å²) in [6, 6.07) is 12.4. The number of hydrogen-bond acceptors (Lipinski definition) is 6. The van der Waals surface area contributed by atoms with Gasteiger partial charge in [-0.3, -0.25) is 4.79 Å². The molecule has 0 fully saturated rings. The lowest BCUT2D eigenvalue weighted by Gasteiger charge is -2.11. The standard InChI is InChI=1S/C21H15N3O5/c1-11-17(9-14-8-13-2-5-15(22)10-18(13)29-21(14)28)19(25)24(23-11)16-6-3-12(4-7-16)20(26)27/h2-10H,22H2,1H3,(H,26,27)/b17-9-. The number of amides is 1. The summed E-state index contributed by atoms with van der Waals surface area (Å²) in [4.78, 5) is 36.1. The molecule has 0 saturated carbocycles. The fraction of sp³-hybridized carbons (Fsp3) is 0.0476. The number of aromatic carboxylic acids is 1. The normalized spacial score (nSPS) is 15.2. The third kappa shape index (κ3) is 3.27. The van der Waals surface area contributed by atoms with Crippen molar-refractivity contribution in [3.05, 3.63) is 75.7 Å². The summed E-state index contributed by atoms with van der Waals surface area (Å²) in [5, 5.41) is 15.1. The van der Waals surface area contributed by atoms with Crippen LogP contribution in [-0.4, -0.2) is 22.7 Å². The van der Waals surface area contributed by atoms with E-state index in [1.54, 1.807) is 31.2 Å². The summed E-state index contributed by atoms with van der Waals surface area (Å²) in [7, 11) is 0. The Morgan fingerprint density at radius 1 is 1.14 bits per heavy atom. The van der Waals surface area contributed by atoms with Crippen LogP contribution in [0, 0.1) is 0 Å². The number of nitrogens with two attached hydrogens (primary N) is 1. The predicted octanol–water partition coefficient (Wildman–Crippen LogP) is 2.88. The van der Waals surface area contributed by atoms with Gasteiger partial charge in [0.1, 0.15) is 5.58 Å². The maximum Gasteiger partial charge on any atom is 0.343 e. The summed E-state index contributed by atoms with van der Waals surface area (Å²) in [6.07, 6.45) is 1.44. The van der Waals surface area contributed by atoms with E-state index in [-0.39, 0.29) is 16.7 Å². The highest BCUT2D eigenvalue weighted by Crippen LogP contribution is 2.25. The Morgan fingerprint density at radius 3 is 2.55 bits per heavy atom. The van der Waals surface area contributed by atoms with Crippen molar-refractivity contribution < 1.29 is 19.1 Å². The summed E-state index contributed by atoms with van der Waals surface area (Å²) >= 11 is 0. The first kappa shape index (κ1) is 18.2. The maximum absolute atomic E-state index is 12.8. The molecule has 4 rings (SSSR count). The van der Waals surface area contributed by atoms with Crippen LogP contribution in [0.4, 0.5) is 11.4 Å². The SMILES string of the molecule is CC1=NN(c2ccc(C(=O)O)cc2)C(=O)/C1=C\c1cc2ccc(N)cc2oc1=O. The quantitative estimate of drug-likeness (QED) is 0.403. The Morgan fingerprint density at radius 2 is 1.86 bits per heavy atom. The lowest BCUT2D eigenvalue weighted by molar-refractivity contribution is -0.114. The number of anilines is 2. The Bertz CT molecular complexity index is 1290. The van der Waals surface area contributed by atoms with Crippen LogP contribution in [0.25, 0.3) is 17.0 Å². The van der Waals surface area contributed by atoms with Gasteiger partial charge < -0.3 is 15.3 Å². The second-order valence-electron chi connectivity index (χ2n) is 6.50. The van der Waals surface area contributed by atoms with Gasteiger partial charge in [0.2, 0.25) is 0 Å². The van der Waals surface area contributed by atoms with E-state index in [0.717, 1.165) is 5.01 Å². The molecular formula is C21H15N3O5. The number of hydrogen-bond donors (Lipinski definition) is 2. The summed E-state index contributed by atoms with van der Waals surface area (Å²) in [5.41, 5.74) is 7.35. The van der Waals surface area contributed by atoms with Gasteiger partial charge >= 0.3 is 11.6 Å². The molecule has 3 N–H and O–H groups in total. The van der Waals surface area contributed by atoms with Crippen LogP contribution in [-0.2, 0) is 4.79 Å². The Balaban J connectivity index is 1.71. The second kappa shape index (κ2) is 6.75. The van der Waals surface area contributed by atoms with Gasteiger partial charge in [0.15, 0.2) is 0 Å². The molecule has 1 amide bonds. The highest BCUT2D eigenvalue weighted by Gasteiger charge is 2.29. The van der Waals surface area contributed by atoms with Crippen LogP contribution in [0.1, 0.15) is 22.8 Å². The molecule has 2 aromatic carbocycles. The minimum atomic E-state index is -1.06. The van der Waals surface area contributed by atoms with Gasteiger partial charge in [-0.05, 0) is 55.5 Å². The van der Waals surface area contributed by atoms with E-state index in [9.17, 15) is 14.4 Å². The minimum absolute atomic E-state index is 0.103. The zero-order chi connectivity index (χ0) is 20.7. The third-order valence-corrected chi connectivity index (χ3v) is 4.51. The molecule has 0 unspecified atom stereocenters. The van der Waals surface area contributed by atoms with Crippen LogP contribution in [0.5, 0.6) is 0 Å². The van der Waals surface area contributed by atoms with Crippen LogP contribution in [0.3, 0.4) is 0 Å². The van der Waals surface area contributed by atoms with Crippen molar-refractivity contribution in [2.24, 2.45) is 5.10 Å². The highest BCUT2D eigenvalue weighted by molar-refractivity contribution is 6.32. The summed E-state index contributed by atoms with van der Waals surface area (Å²) < 4.78 is 5.30.